The van der Waals surface area contributed by atoms with Crippen LogP contribution in [0, 0.1) is 0 Å². The molecule has 0 saturated heterocycles. The zero-order valence-corrected chi connectivity index (χ0v) is 38.2. The maximum atomic E-state index is 12.7. The minimum atomic E-state index is -4.38. The quantitative estimate of drug-likeness (QED) is 0.0213. The predicted octanol–water partition coefficient (Wildman–Crippen LogP) is 13.1. The van der Waals surface area contributed by atoms with Gasteiger partial charge in [0.25, 0.3) is 0 Å². The largest absolute Gasteiger partial charge is 0.472 e. The molecule has 0 spiro atoms. The van der Waals surface area contributed by atoms with Crippen molar-refractivity contribution in [1.29, 1.82) is 0 Å². The third kappa shape index (κ3) is 43.4. The lowest BCUT2D eigenvalue weighted by molar-refractivity contribution is -0.870. The van der Waals surface area contributed by atoms with Crippen molar-refractivity contribution in [3.63, 3.8) is 0 Å². The van der Waals surface area contributed by atoms with Crippen LogP contribution >= 0.6 is 7.82 Å². The van der Waals surface area contributed by atoms with E-state index in [1.54, 1.807) is 0 Å². The van der Waals surface area contributed by atoms with Gasteiger partial charge in [-0.2, -0.15) is 0 Å². The molecule has 0 heterocycles. The number of allylic oxidation sites excluding steroid dienone is 8. The van der Waals surface area contributed by atoms with Crippen LogP contribution in [0.4, 0.5) is 0 Å². The first kappa shape index (κ1) is 55.0. The van der Waals surface area contributed by atoms with Gasteiger partial charge < -0.3 is 18.9 Å². The Labute approximate surface area is 350 Å². The van der Waals surface area contributed by atoms with E-state index in [1.165, 1.54) is 70.6 Å². The molecule has 0 aromatic carbocycles. The van der Waals surface area contributed by atoms with E-state index < -0.39 is 26.5 Å². The van der Waals surface area contributed by atoms with E-state index in [1.807, 2.05) is 21.1 Å². The molecule has 0 aliphatic carbocycles. The molecule has 0 saturated carbocycles. The number of hydrogen-bond donors (Lipinski definition) is 1. The van der Waals surface area contributed by atoms with E-state index in [4.69, 9.17) is 18.5 Å². The number of nitrogens with zero attached hydrogens (tertiary/aromatic N) is 1. The Kier molecular flexibility index (Phi) is 38.0. The zero-order valence-electron chi connectivity index (χ0n) is 37.3. The minimum absolute atomic E-state index is 0.0261. The number of ether oxygens (including phenoxy) is 2. The summed E-state index contributed by atoms with van der Waals surface area (Å²) in [5.74, 6) is -0.823. The summed E-state index contributed by atoms with van der Waals surface area (Å²) in [6.45, 7) is 4.28. The lowest BCUT2D eigenvalue weighted by atomic mass is 10.1. The van der Waals surface area contributed by atoms with Crippen LogP contribution < -0.4 is 0 Å². The van der Waals surface area contributed by atoms with E-state index in [0.717, 1.165) is 83.5 Å². The molecule has 0 bridgehead atoms. The Balaban J connectivity index is 4.35. The van der Waals surface area contributed by atoms with Gasteiger partial charge in [-0.1, -0.05) is 152 Å². The summed E-state index contributed by atoms with van der Waals surface area (Å²) in [6, 6.07) is 0. The smallest absolute Gasteiger partial charge is 0.462 e. The minimum Gasteiger partial charge on any atom is -0.462 e. The summed E-state index contributed by atoms with van der Waals surface area (Å²) in [6.07, 6.45) is 45.8. The van der Waals surface area contributed by atoms with E-state index in [2.05, 4.69) is 62.5 Å². The van der Waals surface area contributed by atoms with Crippen molar-refractivity contribution in [3.05, 3.63) is 48.6 Å². The Morgan fingerprint density at radius 1 is 0.561 bits per heavy atom. The van der Waals surface area contributed by atoms with Crippen LogP contribution in [0.3, 0.4) is 0 Å². The van der Waals surface area contributed by atoms with Crippen molar-refractivity contribution >= 4 is 19.8 Å². The molecule has 0 aromatic rings. The lowest BCUT2D eigenvalue weighted by Gasteiger charge is -2.24. The molecule has 0 amide bonds. The van der Waals surface area contributed by atoms with Crippen LogP contribution in [0.5, 0.6) is 0 Å². The number of quaternary nitrogens is 1. The fourth-order valence-electron chi connectivity index (χ4n) is 6.02. The molecule has 0 radical (unpaired) electrons. The maximum absolute atomic E-state index is 12.7. The van der Waals surface area contributed by atoms with Crippen molar-refractivity contribution in [2.45, 2.75) is 193 Å². The van der Waals surface area contributed by atoms with Gasteiger partial charge in [-0.15, -0.1) is 0 Å². The van der Waals surface area contributed by atoms with Crippen molar-refractivity contribution in [3.8, 4) is 0 Å². The normalized spacial score (nSPS) is 14.0. The summed E-state index contributed by atoms with van der Waals surface area (Å²) in [7, 11) is 1.46. The van der Waals surface area contributed by atoms with E-state index >= 15 is 0 Å². The van der Waals surface area contributed by atoms with Crippen molar-refractivity contribution in [1.82, 2.24) is 0 Å². The summed E-state index contributed by atoms with van der Waals surface area (Å²) >= 11 is 0. The molecule has 2 atom stereocenters. The zero-order chi connectivity index (χ0) is 42.1. The molecule has 0 fully saturated rings. The third-order valence-corrected chi connectivity index (χ3v) is 10.6. The molecule has 0 aliphatic rings. The van der Waals surface area contributed by atoms with Gasteiger partial charge in [-0.3, -0.25) is 18.6 Å². The van der Waals surface area contributed by atoms with E-state index in [0.29, 0.717) is 17.4 Å². The highest BCUT2D eigenvalue weighted by Gasteiger charge is 2.27. The number of unbranched alkanes of at least 4 members (excludes halogenated alkanes) is 19. The van der Waals surface area contributed by atoms with Crippen LogP contribution in [0.15, 0.2) is 48.6 Å². The van der Waals surface area contributed by atoms with Crippen LogP contribution in [0.2, 0.25) is 0 Å². The highest BCUT2D eigenvalue weighted by Crippen LogP contribution is 2.43. The van der Waals surface area contributed by atoms with Crippen LogP contribution in [-0.4, -0.2) is 74.9 Å². The average molecular weight is 825 g/mol. The van der Waals surface area contributed by atoms with Gasteiger partial charge in [-0.25, -0.2) is 4.57 Å². The number of phosphoric ester groups is 1. The highest BCUT2D eigenvalue weighted by atomic mass is 31.2. The maximum Gasteiger partial charge on any atom is 0.472 e. The summed E-state index contributed by atoms with van der Waals surface area (Å²) in [5.41, 5.74) is 0. The predicted molar refractivity (Wildman–Crippen MR) is 238 cm³/mol. The molecule has 57 heavy (non-hydrogen) atoms. The summed E-state index contributed by atoms with van der Waals surface area (Å²) < 4.78 is 34.3. The fraction of sp³-hybridized carbons (Fsp3) is 0.787. The number of hydrogen-bond acceptors (Lipinski definition) is 7. The molecule has 0 aliphatic heterocycles. The fourth-order valence-corrected chi connectivity index (χ4v) is 6.76. The van der Waals surface area contributed by atoms with Gasteiger partial charge in [0.05, 0.1) is 27.7 Å². The topological polar surface area (TPSA) is 108 Å². The van der Waals surface area contributed by atoms with Gasteiger partial charge in [0.2, 0.25) is 0 Å². The van der Waals surface area contributed by atoms with Crippen molar-refractivity contribution < 1.29 is 42.1 Å². The average Bonchev–Trinajstić information content (AvgIpc) is 3.16. The second kappa shape index (κ2) is 39.4. The molecule has 1 N–H and O–H groups in total. The number of carbonyl (C=O) groups is 2. The van der Waals surface area contributed by atoms with Crippen LogP contribution in [0.1, 0.15) is 187 Å². The van der Waals surface area contributed by atoms with Crippen LogP contribution in [0.25, 0.3) is 0 Å². The molecule has 10 heteroatoms. The monoisotopic (exact) mass is 825 g/mol. The summed E-state index contributed by atoms with van der Waals surface area (Å²) in [5, 5.41) is 0. The lowest BCUT2D eigenvalue weighted by Crippen LogP contribution is -2.37. The van der Waals surface area contributed by atoms with E-state index in [-0.39, 0.29) is 32.0 Å². The van der Waals surface area contributed by atoms with Gasteiger partial charge in [0.1, 0.15) is 19.8 Å². The first-order valence-electron chi connectivity index (χ1n) is 22.9. The Hall–Kier alpha value is -2.03. The molecule has 0 rings (SSSR count). The van der Waals surface area contributed by atoms with Gasteiger partial charge in [-0.05, 0) is 70.6 Å². The second-order valence-corrected chi connectivity index (χ2v) is 17.9. The van der Waals surface area contributed by atoms with Gasteiger partial charge >= 0.3 is 19.8 Å². The van der Waals surface area contributed by atoms with Crippen molar-refractivity contribution in [2.75, 3.05) is 47.5 Å². The van der Waals surface area contributed by atoms with Crippen molar-refractivity contribution in [2.24, 2.45) is 0 Å². The number of esters is 2. The van der Waals surface area contributed by atoms with Crippen LogP contribution in [-0.2, 0) is 32.7 Å². The standard InChI is InChI=1S/C47H86NO8P/c1-6-8-10-12-14-16-18-20-22-23-24-26-27-29-31-33-35-37-39-46(49)53-43-45(44-55-57(51,52)54-42-41-48(3,4)5)56-47(50)40-38-36-34-32-30-28-25-21-19-17-15-13-11-9-7-2/h9,11,15,17,21-23,25,45H,6-8,10,12-14,16,18-20,24,26-44H2,1-5H3/p+1/b11-9-,17-15-,23-22-,25-21-. The molecule has 332 valence electrons. The highest BCUT2D eigenvalue weighted by molar-refractivity contribution is 7.47. The number of phosphoric acid groups is 1. The number of carbonyl (C=O) groups excluding carboxylic acids is 2. The Morgan fingerprint density at radius 3 is 1.51 bits per heavy atom. The van der Waals surface area contributed by atoms with E-state index in [9.17, 15) is 19.0 Å². The molecular formula is C47H87NO8P+. The summed E-state index contributed by atoms with van der Waals surface area (Å²) in [4.78, 5) is 35.4. The Morgan fingerprint density at radius 2 is 1.00 bits per heavy atom. The number of likely N-dealkylation sites (N-methyl/N-ethyl adjacent to an activating group) is 1. The molecular weight excluding hydrogens is 737 g/mol. The SMILES string of the molecule is CC/C=C\C/C=C\C/C=C\CCCCCCCC(=O)OC(COC(=O)CCCCCCCCC/C=C\CCCCCCCCC)COP(=O)(O)OCC[N+](C)(C)C. The first-order chi connectivity index (χ1) is 27.5. The van der Waals surface area contributed by atoms with Gasteiger partial charge in [0.15, 0.2) is 6.10 Å². The van der Waals surface area contributed by atoms with Gasteiger partial charge in [0, 0.05) is 12.8 Å². The molecule has 9 nitrogen and oxygen atoms in total. The third-order valence-electron chi connectivity index (χ3n) is 9.59. The number of rotatable bonds is 41. The molecule has 2 unspecified atom stereocenters. The Bertz CT molecular complexity index is 1110. The molecule has 0 aromatic heterocycles. The second-order valence-electron chi connectivity index (χ2n) is 16.4. The first-order valence-corrected chi connectivity index (χ1v) is 24.4.